The van der Waals surface area contributed by atoms with Crippen LogP contribution in [0, 0.1) is 0 Å². The highest BCUT2D eigenvalue weighted by Crippen LogP contribution is 2.05. The third-order valence-corrected chi connectivity index (χ3v) is 3.08. The minimum atomic E-state index is 0.00801. The molecule has 5 heteroatoms. The van der Waals surface area contributed by atoms with E-state index < -0.39 is 0 Å². The van der Waals surface area contributed by atoms with Crippen molar-refractivity contribution in [2.24, 2.45) is 0 Å². The lowest BCUT2D eigenvalue weighted by Crippen LogP contribution is -2.46. The van der Waals surface area contributed by atoms with Crippen LogP contribution in [0.3, 0.4) is 0 Å². The first kappa shape index (κ1) is 13.0. The number of amides is 1. The predicted octanol–water partition coefficient (Wildman–Crippen LogP) is 0.488. The summed E-state index contributed by atoms with van der Waals surface area (Å²) in [6, 6.07) is 3.85. The quantitative estimate of drug-likeness (QED) is 0.814. The summed E-state index contributed by atoms with van der Waals surface area (Å²) < 4.78 is 0. The Balaban J connectivity index is 1.82. The molecule has 0 bridgehead atoms. The number of aryl methyl sites for hydroxylation is 1. The van der Waals surface area contributed by atoms with Crippen LogP contribution in [0.4, 0.5) is 5.82 Å². The third kappa shape index (κ3) is 3.78. The molecular weight excluding hydrogens is 228 g/mol. The van der Waals surface area contributed by atoms with E-state index in [1.165, 1.54) is 5.56 Å². The fraction of sp³-hybridized carbons (Fsp3) is 0.538. The van der Waals surface area contributed by atoms with Gasteiger partial charge in [0.05, 0.1) is 6.54 Å². The molecule has 1 amide bonds. The van der Waals surface area contributed by atoms with Crippen LogP contribution >= 0.6 is 0 Å². The average molecular weight is 248 g/mol. The SMILES string of the molecule is CCc1ccc(NC(=O)CN2CCNCC2)nc1. The molecule has 2 heterocycles. The summed E-state index contributed by atoms with van der Waals surface area (Å²) in [5.41, 5.74) is 1.18. The smallest absolute Gasteiger partial charge is 0.239 e. The molecule has 2 rings (SSSR count). The molecule has 1 aliphatic heterocycles. The van der Waals surface area contributed by atoms with E-state index in [2.05, 4.69) is 27.4 Å². The zero-order valence-electron chi connectivity index (χ0n) is 10.8. The number of carbonyl (C=O) groups excluding carboxylic acids is 1. The lowest BCUT2D eigenvalue weighted by molar-refractivity contribution is -0.117. The van der Waals surface area contributed by atoms with Gasteiger partial charge in [-0.1, -0.05) is 13.0 Å². The summed E-state index contributed by atoms with van der Waals surface area (Å²) in [7, 11) is 0. The van der Waals surface area contributed by atoms with Gasteiger partial charge in [-0.15, -0.1) is 0 Å². The van der Waals surface area contributed by atoms with Crippen molar-refractivity contribution in [2.75, 3.05) is 38.0 Å². The molecule has 1 aromatic rings. The van der Waals surface area contributed by atoms with Crippen molar-refractivity contribution >= 4 is 11.7 Å². The van der Waals surface area contributed by atoms with E-state index in [1.807, 2.05) is 12.1 Å². The van der Waals surface area contributed by atoms with Gasteiger partial charge in [0, 0.05) is 32.4 Å². The van der Waals surface area contributed by atoms with Gasteiger partial charge < -0.3 is 10.6 Å². The maximum Gasteiger partial charge on any atom is 0.239 e. The summed E-state index contributed by atoms with van der Waals surface area (Å²) in [4.78, 5) is 18.2. The largest absolute Gasteiger partial charge is 0.314 e. The second-order valence-electron chi connectivity index (χ2n) is 4.48. The molecule has 0 aromatic carbocycles. The van der Waals surface area contributed by atoms with E-state index in [0.717, 1.165) is 32.6 Å². The number of piperazine rings is 1. The molecule has 2 N–H and O–H groups in total. The molecular formula is C13H20N4O. The molecule has 98 valence electrons. The standard InChI is InChI=1S/C13H20N4O/c1-2-11-3-4-12(15-9-11)16-13(18)10-17-7-5-14-6-8-17/h3-4,9,14H,2,5-8,10H2,1H3,(H,15,16,18). The number of nitrogens with zero attached hydrogens (tertiary/aromatic N) is 2. The van der Waals surface area contributed by atoms with Crippen molar-refractivity contribution in [3.8, 4) is 0 Å². The first-order valence-electron chi connectivity index (χ1n) is 6.46. The number of hydrogen-bond acceptors (Lipinski definition) is 4. The van der Waals surface area contributed by atoms with Crippen molar-refractivity contribution in [1.82, 2.24) is 15.2 Å². The van der Waals surface area contributed by atoms with Crippen LogP contribution in [0.2, 0.25) is 0 Å². The number of carbonyl (C=O) groups is 1. The molecule has 18 heavy (non-hydrogen) atoms. The Morgan fingerprint density at radius 3 is 2.83 bits per heavy atom. The van der Waals surface area contributed by atoms with Crippen molar-refractivity contribution in [1.29, 1.82) is 0 Å². The van der Waals surface area contributed by atoms with Crippen molar-refractivity contribution < 1.29 is 4.79 Å². The van der Waals surface area contributed by atoms with Crippen LogP contribution in [0.1, 0.15) is 12.5 Å². The number of nitrogens with one attached hydrogen (secondary N) is 2. The van der Waals surface area contributed by atoms with Gasteiger partial charge in [0.1, 0.15) is 5.82 Å². The summed E-state index contributed by atoms with van der Waals surface area (Å²) in [6.45, 7) is 6.29. The van der Waals surface area contributed by atoms with Crippen LogP contribution in [-0.4, -0.2) is 48.5 Å². The first-order valence-corrected chi connectivity index (χ1v) is 6.46. The number of aromatic nitrogens is 1. The van der Waals surface area contributed by atoms with Gasteiger partial charge in [0.15, 0.2) is 0 Å². The van der Waals surface area contributed by atoms with E-state index in [4.69, 9.17) is 0 Å². The van der Waals surface area contributed by atoms with Gasteiger partial charge in [-0.3, -0.25) is 9.69 Å². The number of hydrogen-bond donors (Lipinski definition) is 2. The molecule has 0 spiro atoms. The fourth-order valence-corrected chi connectivity index (χ4v) is 1.96. The molecule has 0 aliphatic carbocycles. The van der Waals surface area contributed by atoms with Gasteiger partial charge in [-0.2, -0.15) is 0 Å². The Bertz CT molecular complexity index is 384. The highest BCUT2D eigenvalue weighted by atomic mass is 16.2. The minimum Gasteiger partial charge on any atom is -0.314 e. The average Bonchev–Trinajstić information content (AvgIpc) is 2.40. The van der Waals surface area contributed by atoms with Crippen LogP contribution in [0.5, 0.6) is 0 Å². The maximum atomic E-state index is 11.8. The molecule has 1 aromatic heterocycles. The number of pyridine rings is 1. The maximum absolute atomic E-state index is 11.8. The Hall–Kier alpha value is -1.46. The molecule has 1 aliphatic rings. The van der Waals surface area contributed by atoms with E-state index >= 15 is 0 Å². The molecule has 0 unspecified atom stereocenters. The Kier molecular flexibility index (Phi) is 4.66. The molecule has 0 atom stereocenters. The van der Waals surface area contributed by atoms with Crippen LogP contribution in [-0.2, 0) is 11.2 Å². The van der Waals surface area contributed by atoms with Gasteiger partial charge >= 0.3 is 0 Å². The Morgan fingerprint density at radius 2 is 2.22 bits per heavy atom. The van der Waals surface area contributed by atoms with E-state index in [0.29, 0.717) is 12.4 Å². The van der Waals surface area contributed by atoms with Gasteiger partial charge in [-0.25, -0.2) is 4.98 Å². The highest BCUT2D eigenvalue weighted by Gasteiger charge is 2.13. The second-order valence-corrected chi connectivity index (χ2v) is 4.48. The van der Waals surface area contributed by atoms with Crippen LogP contribution in [0.15, 0.2) is 18.3 Å². The molecule has 1 fully saturated rings. The fourth-order valence-electron chi connectivity index (χ4n) is 1.96. The van der Waals surface area contributed by atoms with E-state index in [1.54, 1.807) is 6.20 Å². The first-order chi connectivity index (χ1) is 8.78. The zero-order chi connectivity index (χ0) is 12.8. The Labute approximate surface area is 108 Å². The van der Waals surface area contributed by atoms with Gasteiger partial charge in [-0.05, 0) is 18.1 Å². The predicted molar refractivity (Wildman–Crippen MR) is 71.6 cm³/mol. The van der Waals surface area contributed by atoms with Crippen LogP contribution < -0.4 is 10.6 Å². The minimum absolute atomic E-state index is 0.00801. The summed E-state index contributed by atoms with van der Waals surface area (Å²) in [5.74, 6) is 0.640. The van der Waals surface area contributed by atoms with Gasteiger partial charge in [0.25, 0.3) is 0 Å². The normalized spacial score (nSPS) is 16.5. The lowest BCUT2D eigenvalue weighted by atomic mass is 10.2. The summed E-state index contributed by atoms with van der Waals surface area (Å²) in [5, 5.41) is 6.09. The lowest BCUT2D eigenvalue weighted by Gasteiger charge is -2.26. The van der Waals surface area contributed by atoms with E-state index in [9.17, 15) is 4.79 Å². The zero-order valence-corrected chi connectivity index (χ0v) is 10.8. The topological polar surface area (TPSA) is 57.3 Å². The van der Waals surface area contributed by atoms with Crippen LogP contribution in [0.25, 0.3) is 0 Å². The van der Waals surface area contributed by atoms with Crippen molar-refractivity contribution in [3.05, 3.63) is 23.9 Å². The summed E-state index contributed by atoms with van der Waals surface area (Å²) in [6.07, 6.45) is 2.77. The highest BCUT2D eigenvalue weighted by molar-refractivity contribution is 5.91. The summed E-state index contributed by atoms with van der Waals surface area (Å²) >= 11 is 0. The number of anilines is 1. The molecule has 0 radical (unpaired) electrons. The molecule has 0 saturated carbocycles. The second kappa shape index (κ2) is 6.47. The van der Waals surface area contributed by atoms with Crippen molar-refractivity contribution in [2.45, 2.75) is 13.3 Å². The molecule has 5 nitrogen and oxygen atoms in total. The molecule has 1 saturated heterocycles. The van der Waals surface area contributed by atoms with Crippen molar-refractivity contribution in [3.63, 3.8) is 0 Å². The van der Waals surface area contributed by atoms with Gasteiger partial charge in [0.2, 0.25) is 5.91 Å². The van der Waals surface area contributed by atoms with E-state index in [-0.39, 0.29) is 5.91 Å². The Morgan fingerprint density at radius 1 is 1.44 bits per heavy atom. The number of rotatable bonds is 4. The monoisotopic (exact) mass is 248 g/mol. The third-order valence-electron chi connectivity index (χ3n) is 3.08.